The summed E-state index contributed by atoms with van der Waals surface area (Å²) in [6, 6.07) is 10.9. The molecule has 0 saturated heterocycles. The van der Waals surface area contributed by atoms with Crippen molar-refractivity contribution in [1.29, 1.82) is 5.26 Å². The van der Waals surface area contributed by atoms with E-state index in [0.717, 1.165) is 0 Å². The van der Waals surface area contributed by atoms with Crippen LogP contribution in [0.2, 0.25) is 0 Å². The summed E-state index contributed by atoms with van der Waals surface area (Å²) in [7, 11) is 0. The molecule has 3 heteroatoms. The van der Waals surface area contributed by atoms with E-state index in [2.05, 4.69) is 0 Å². The highest BCUT2D eigenvalue weighted by Crippen LogP contribution is 2.11. The lowest BCUT2D eigenvalue weighted by molar-refractivity contribution is -0.124. The number of hydrogen-bond donors (Lipinski definition) is 0. The van der Waals surface area contributed by atoms with E-state index in [9.17, 15) is 4.79 Å². The van der Waals surface area contributed by atoms with Crippen molar-refractivity contribution in [3.05, 3.63) is 30.3 Å². The normalized spacial score (nSPS) is 11.4. The van der Waals surface area contributed by atoms with Crippen LogP contribution < -0.4 is 4.74 Å². The largest absolute Gasteiger partial charge is 0.483 e. The first-order valence-electron chi connectivity index (χ1n) is 4.35. The molecule has 1 aromatic carbocycles. The fraction of sp³-hybridized carbons (Fsp3) is 0.273. The number of hydrogen-bond acceptors (Lipinski definition) is 3. The van der Waals surface area contributed by atoms with Crippen molar-refractivity contribution < 1.29 is 9.53 Å². The van der Waals surface area contributed by atoms with Crippen LogP contribution in [0.4, 0.5) is 0 Å². The van der Waals surface area contributed by atoms with Crippen LogP contribution in [0.1, 0.15) is 13.3 Å². The average Bonchev–Trinajstić information content (AvgIpc) is 2.19. The van der Waals surface area contributed by atoms with Gasteiger partial charge in [-0.05, 0) is 19.1 Å². The van der Waals surface area contributed by atoms with E-state index in [1.165, 1.54) is 0 Å². The van der Waals surface area contributed by atoms with Crippen molar-refractivity contribution in [2.45, 2.75) is 19.4 Å². The van der Waals surface area contributed by atoms with Gasteiger partial charge in [-0.25, -0.2) is 0 Å². The first kappa shape index (κ1) is 10.3. The van der Waals surface area contributed by atoms with Gasteiger partial charge < -0.3 is 4.74 Å². The van der Waals surface area contributed by atoms with Gasteiger partial charge in [0.1, 0.15) is 5.75 Å². The van der Waals surface area contributed by atoms with Gasteiger partial charge >= 0.3 is 0 Å². The summed E-state index contributed by atoms with van der Waals surface area (Å²) >= 11 is 0. The van der Waals surface area contributed by atoms with Gasteiger partial charge in [0, 0.05) is 0 Å². The first-order valence-corrected chi connectivity index (χ1v) is 4.35. The van der Waals surface area contributed by atoms with Crippen molar-refractivity contribution in [2.75, 3.05) is 0 Å². The molecule has 1 aromatic rings. The SMILES string of the molecule is CC(Oc1ccccc1)C(=O)CC#N. The monoisotopic (exact) mass is 189 g/mol. The van der Waals surface area contributed by atoms with Crippen LogP contribution in [0.5, 0.6) is 5.75 Å². The molecule has 0 aromatic heterocycles. The van der Waals surface area contributed by atoms with Crippen LogP contribution >= 0.6 is 0 Å². The van der Waals surface area contributed by atoms with Crippen molar-refractivity contribution in [1.82, 2.24) is 0 Å². The maximum absolute atomic E-state index is 11.2. The number of nitriles is 1. The van der Waals surface area contributed by atoms with Gasteiger partial charge in [-0.1, -0.05) is 18.2 Å². The molecule has 0 radical (unpaired) electrons. The van der Waals surface area contributed by atoms with Crippen molar-refractivity contribution >= 4 is 5.78 Å². The molecule has 0 aliphatic rings. The van der Waals surface area contributed by atoms with E-state index in [-0.39, 0.29) is 12.2 Å². The molecule has 1 rings (SSSR count). The summed E-state index contributed by atoms with van der Waals surface area (Å²) in [5.41, 5.74) is 0. The van der Waals surface area contributed by atoms with Crippen molar-refractivity contribution in [3.63, 3.8) is 0 Å². The van der Waals surface area contributed by atoms with Crippen LogP contribution in [0.25, 0.3) is 0 Å². The number of carbonyl (C=O) groups excluding carboxylic acids is 1. The molecule has 0 saturated carbocycles. The van der Waals surface area contributed by atoms with E-state index in [0.29, 0.717) is 5.75 Å². The highest BCUT2D eigenvalue weighted by Gasteiger charge is 2.13. The Kier molecular flexibility index (Phi) is 3.69. The molecular weight excluding hydrogens is 178 g/mol. The molecule has 72 valence electrons. The Morgan fingerprint density at radius 2 is 2.14 bits per heavy atom. The molecule has 14 heavy (non-hydrogen) atoms. The Morgan fingerprint density at radius 3 is 2.71 bits per heavy atom. The Labute approximate surface area is 82.9 Å². The van der Waals surface area contributed by atoms with Crippen molar-refractivity contribution in [3.8, 4) is 11.8 Å². The Morgan fingerprint density at radius 1 is 1.50 bits per heavy atom. The minimum Gasteiger partial charge on any atom is -0.483 e. The van der Waals surface area contributed by atoms with Gasteiger partial charge in [0.05, 0.1) is 12.5 Å². The van der Waals surface area contributed by atoms with Gasteiger partial charge in [-0.3, -0.25) is 4.79 Å². The number of carbonyl (C=O) groups is 1. The summed E-state index contributed by atoms with van der Waals surface area (Å²) in [6.07, 6.45) is -0.661. The van der Waals surface area contributed by atoms with Crippen LogP contribution in [-0.2, 0) is 4.79 Å². The molecule has 0 amide bonds. The Bertz CT molecular complexity index is 340. The Balaban J connectivity index is 2.54. The number of para-hydroxylation sites is 1. The van der Waals surface area contributed by atoms with Gasteiger partial charge in [0.25, 0.3) is 0 Å². The lowest BCUT2D eigenvalue weighted by Gasteiger charge is -2.11. The highest BCUT2D eigenvalue weighted by atomic mass is 16.5. The third-order valence-corrected chi connectivity index (χ3v) is 1.76. The second kappa shape index (κ2) is 5.03. The van der Waals surface area contributed by atoms with E-state index >= 15 is 0 Å². The van der Waals surface area contributed by atoms with Gasteiger partial charge in [-0.2, -0.15) is 5.26 Å². The van der Waals surface area contributed by atoms with E-state index in [1.54, 1.807) is 25.1 Å². The lowest BCUT2D eigenvalue weighted by Crippen LogP contribution is -2.23. The van der Waals surface area contributed by atoms with E-state index in [1.807, 2.05) is 18.2 Å². The maximum atomic E-state index is 11.2. The molecule has 0 heterocycles. The lowest BCUT2D eigenvalue weighted by atomic mass is 10.2. The fourth-order valence-corrected chi connectivity index (χ4v) is 0.991. The predicted molar refractivity (Wildman–Crippen MR) is 51.8 cm³/mol. The van der Waals surface area contributed by atoms with Crippen LogP contribution in [0.15, 0.2) is 30.3 Å². The van der Waals surface area contributed by atoms with Crippen LogP contribution in [0.3, 0.4) is 0 Å². The van der Waals surface area contributed by atoms with Gasteiger partial charge in [0.2, 0.25) is 0 Å². The average molecular weight is 189 g/mol. The quantitative estimate of drug-likeness (QED) is 0.727. The zero-order valence-electron chi connectivity index (χ0n) is 7.93. The van der Waals surface area contributed by atoms with Gasteiger partial charge in [0.15, 0.2) is 11.9 Å². The van der Waals surface area contributed by atoms with Crippen LogP contribution in [0, 0.1) is 11.3 Å². The van der Waals surface area contributed by atoms with Gasteiger partial charge in [-0.15, -0.1) is 0 Å². The molecule has 0 aliphatic carbocycles. The molecule has 1 atom stereocenters. The van der Waals surface area contributed by atoms with E-state index < -0.39 is 6.10 Å². The molecule has 1 unspecified atom stereocenters. The molecule has 0 spiro atoms. The number of benzene rings is 1. The molecule has 0 aliphatic heterocycles. The highest BCUT2D eigenvalue weighted by molar-refractivity contribution is 5.84. The zero-order valence-corrected chi connectivity index (χ0v) is 7.93. The summed E-state index contributed by atoms with van der Waals surface area (Å²) in [5, 5.41) is 8.33. The second-order valence-electron chi connectivity index (χ2n) is 2.87. The maximum Gasteiger partial charge on any atom is 0.186 e. The predicted octanol–water partition coefficient (Wildman–Crippen LogP) is 1.94. The first-order chi connectivity index (χ1) is 6.74. The molecular formula is C11H11NO2. The van der Waals surface area contributed by atoms with Crippen molar-refractivity contribution in [2.24, 2.45) is 0 Å². The minimum absolute atomic E-state index is 0.103. The minimum atomic E-state index is -0.558. The standard InChI is InChI=1S/C11H11NO2/c1-9(11(13)7-8-12)14-10-5-3-2-4-6-10/h2-6,9H,7H2,1H3. The number of ether oxygens (including phenoxy) is 1. The zero-order chi connectivity index (χ0) is 10.4. The second-order valence-corrected chi connectivity index (χ2v) is 2.87. The summed E-state index contributed by atoms with van der Waals surface area (Å²) in [4.78, 5) is 11.2. The third kappa shape index (κ3) is 2.91. The topological polar surface area (TPSA) is 50.1 Å². The number of ketones is 1. The molecule has 0 N–H and O–H groups in total. The molecule has 0 bridgehead atoms. The summed E-state index contributed by atoms with van der Waals surface area (Å²) in [5.74, 6) is 0.447. The fourth-order valence-electron chi connectivity index (χ4n) is 0.991. The number of nitrogens with zero attached hydrogens (tertiary/aromatic N) is 1. The number of Topliss-reactive ketones (excluding diaryl/α,β-unsaturated/α-hetero) is 1. The molecule has 3 nitrogen and oxygen atoms in total. The smallest absolute Gasteiger partial charge is 0.186 e. The molecule has 0 fully saturated rings. The third-order valence-electron chi connectivity index (χ3n) is 1.76. The summed E-state index contributed by atoms with van der Waals surface area (Å²) < 4.78 is 5.33. The van der Waals surface area contributed by atoms with Crippen LogP contribution in [-0.4, -0.2) is 11.9 Å². The number of rotatable bonds is 4. The summed E-state index contributed by atoms with van der Waals surface area (Å²) in [6.45, 7) is 1.65. The Hall–Kier alpha value is -1.82. The van der Waals surface area contributed by atoms with E-state index in [4.69, 9.17) is 10.00 Å².